The molecule has 0 saturated heterocycles. The zero-order chi connectivity index (χ0) is 36.5. The largest absolute Gasteiger partial charge is 0.478 e. The van der Waals surface area contributed by atoms with Crippen molar-refractivity contribution in [3.05, 3.63) is 107 Å². The number of urea groups is 1. The van der Waals surface area contributed by atoms with E-state index in [-0.39, 0.29) is 32.5 Å². The number of amides is 2. The predicted octanol–water partition coefficient (Wildman–Crippen LogP) is 7.01. The number of benzene rings is 4. The van der Waals surface area contributed by atoms with Crippen LogP contribution < -0.4 is 20.1 Å². The van der Waals surface area contributed by atoms with Crippen LogP contribution in [-0.4, -0.2) is 45.0 Å². The fraction of sp³-hybridized carbons (Fsp3) is 0.229. The lowest BCUT2D eigenvalue weighted by atomic mass is 10.1. The number of anilines is 4. The van der Waals surface area contributed by atoms with E-state index in [2.05, 4.69) is 33.9 Å². The predicted molar refractivity (Wildman–Crippen MR) is 191 cm³/mol. The lowest BCUT2D eigenvalue weighted by molar-refractivity contribution is 0.0687. The Morgan fingerprint density at radius 2 is 0.920 bits per heavy atom. The summed E-state index contributed by atoms with van der Waals surface area (Å²) >= 11 is 0. The topological polar surface area (TPSA) is 208 Å². The molecule has 0 unspecified atom stereocenters. The van der Waals surface area contributed by atoms with E-state index >= 15 is 0 Å². The summed E-state index contributed by atoms with van der Waals surface area (Å²) in [5, 5.41) is 24.4. The van der Waals surface area contributed by atoms with Gasteiger partial charge in [0.1, 0.15) is 0 Å². The van der Waals surface area contributed by atoms with E-state index in [9.17, 15) is 41.4 Å². The van der Waals surface area contributed by atoms with Crippen LogP contribution >= 0.6 is 0 Å². The molecule has 0 spiro atoms. The van der Waals surface area contributed by atoms with Crippen molar-refractivity contribution in [3.63, 3.8) is 0 Å². The van der Waals surface area contributed by atoms with Crippen molar-refractivity contribution in [1.29, 1.82) is 0 Å². The fourth-order valence-electron chi connectivity index (χ4n) is 4.91. The van der Waals surface area contributed by atoms with Gasteiger partial charge >= 0.3 is 18.0 Å². The summed E-state index contributed by atoms with van der Waals surface area (Å²) in [7, 11) is -8.27. The van der Waals surface area contributed by atoms with E-state index < -0.39 is 49.1 Å². The van der Waals surface area contributed by atoms with E-state index in [4.69, 9.17) is 0 Å². The monoisotopic (exact) mass is 722 g/mol. The van der Waals surface area contributed by atoms with Gasteiger partial charge in [0.25, 0.3) is 20.0 Å². The van der Waals surface area contributed by atoms with Crippen molar-refractivity contribution in [2.45, 2.75) is 62.2 Å². The molecule has 0 aliphatic rings. The third-order valence-electron chi connectivity index (χ3n) is 7.61. The molecule has 0 aliphatic carbocycles. The van der Waals surface area contributed by atoms with Gasteiger partial charge in [-0.05, 0) is 97.5 Å². The molecule has 0 heterocycles. The number of unbranched alkanes of at least 4 members (excludes halogenated alkanes) is 2. The summed E-state index contributed by atoms with van der Waals surface area (Å²) in [5.41, 5.74) is 0.607. The highest BCUT2D eigenvalue weighted by atomic mass is 32.2. The van der Waals surface area contributed by atoms with Crippen molar-refractivity contribution in [2.24, 2.45) is 0 Å². The number of aryl methyl sites for hydroxylation is 2. The maximum absolute atomic E-state index is 13.0. The second kappa shape index (κ2) is 16.3. The molecule has 4 rings (SSSR count). The number of carbonyl (C=O) groups is 3. The van der Waals surface area contributed by atoms with Crippen molar-refractivity contribution in [2.75, 3.05) is 20.1 Å². The zero-order valence-electron chi connectivity index (χ0n) is 27.4. The van der Waals surface area contributed by atoms with Crippen molar-refractivity contribution in [3.8, 4) is 0 Å². The molecule has 4 aromatic rings. The quantitative estimate of drug-likeness (QED) is 0.0702. The number of carboxylic acids is 2. The van der Waals surface area contributed by atoms with Crippen LogP contribution in [-0.2, 0) is 32.9 Å². The molecule has 0 fully saturated rings. The maximum Gasteiger partial charge on any atom is 0.337 e. The van der Waals surface area contributed by atoms with E-state index in [0.29, 0.717) is 0 Å². The first kappa shape index (κ1) is 37.4. The van der Waals surface area contributed by atoms with Gasteiger partial charge in [0, 0.05) is 11.4 Å². The first-order valence-electron chi connectivity index (χ1n) is 15.8. The third-order valence-corrected chi connectivity index (χ3v) is 10.4. The molecule has 264 valence electrons. The molecule has 4 aromatic carbocycles. The van der Waals surface area contributed by atoms with Crippen LogP contribution in [0.3, 0.4) is 0 Å². The molecule has 6 N–H and O–H groups in total. The van der Waals surface area contributed by atoms with Crippen molar-refractivity contribution >= 4 is 60.8 Å². The molecular formula is C35H38N4O9S2. The van der Waals surface area contributed by atoms with Crippen LogP contribution in [0.5, 0.6) is 0 Å². The van der Waals surface area contributed by atoms with Crippen LogP contribution in [0.1, 0.15) is 71.4 Å². The maximum atomic E-state index is 13.0. The number of hydrogen-bond donors (Lipinski definition) is 6. The summed E-state index contributed by atoms with van der Waals surface area (Å²) in [6, 6.07) is 18.8. The van der Waals surface area contributed by atoms with Crippen LogP contribution in [0.4, 0.5) is 27.5 Å². The summed E-state index contributed by atoms with van der Waals surface area (Å²) in [6.45, 7) is 4.11. The lowest BCUT2D eigenvalue weighted by Gasteiger charge is -2.14. The molecule has 0 atom stereocenters. The SMILES string of the molecule is CCCCc1ccc(S(=O)(=O)Nc2ccc(NC(=O)Nc3ccc(NS(=O)(=O)c4ccc(CCCC)cc4)c(C(=O)O)c3)cc2C(=O)O)cc1. The second-order valence-electron chi connectivity index (χ2n) is 11.4. The second-order valence-corrected chi connectivity index (χ2v) is 14.8. The van der Waals surface area contributed by atoms with Gasteiger partial charge in [0.2, 0.25) is 0 Å². The van der Waals surface area contributed by atoms with Gasteiger partial charge in [-0.25, -0.2) is 31.2 Å². The smallest absolute Gasteiger partial charge is 0.337 e. The number of nitrogens with one attached hydrogen (secondary N) is 4. The number of carbonyl (C=O) groups excluding carboxylic acids is 1. The molecular weight excluding hydrogens is 685 g/mol. The van der Waals surface area contributed by atoms with E-state index in [0.717, 1.165) is 61.8 Å². The average molecular weight is 723 g/mol. The Kier molecular flexibility index (Phi) is 12.2. The minimum atomic E-state index is -4.13. The number of carboxylic acid groups (broad SMARTS) is 2. The Hall–Kier alpha value is -5.41. The minimum absolute atomic E-state index is 0.00771. The Morgan fingerprint density at radius 3 is 1.24 bits per heavy atom. The summed E-state index contributed by atoms with van der Waals surface area (Å²) in [5.74, 6) is -2.92. The molecule has 0 bridgehead atoms. The first-order valence-corrected chi connectivity index (χ1v) is 18.7. The molecule has 0 aromatic heterocycles. The molecule has 0 saturated carbocycles. The molecule has 0 aliphatic heterocycles. The van der Waals surface area contributed by atoms with Gasteiger partial charge < -0.3 is 20.8 Å². The average Bonchev–Trinajstić information content (AvgIpc) is 3.07. The van der Waals surface area contributed by atoms with Gasteiger partial charge in [0.15, 0.2) is 0 Å². The van der Waals surface area contributed by atoms with E-state index in [1.165, 1.54) is 48.5 Å². The summed E-state index contributed by atoms with van der Waals surface area (Å²) in [4.78, 5) is 36.7. The van der Waals surface area contributed by atoms with E-state index in [1.807, 2.05) is 0 Å². The van der Waals surface area contributed by atoms with Gasteiger partial charge in [-0.1, -0.05) is 51.0 Å². The van der Waals surface area contributed by atoms with Crippen molar-refractivity contribution < 1.29 is 41.4 Å². The lowest BCUT2D eigenvalue weighted by Crippen LogP contribution is -2.21. The van der Waals surface area contributed by atoms with E-state index in [1.54, 1.807) is 24.3 Å². The Balaban J connectivity index is 1.46. The first-order chi connectivity index (χ1) is 23.7. The summed E-state index contributed by atoms with van der Waals surface area (Å²) in [6.07, 6.45) is 5.51. The number of hydrogen-bond acceptors (Lipinski definition) is 7. The van der Waals surface area contributed by atoms with Gasteiger partial charge in [-0.15, -0.1) is 0 Å². The number of rotatable bonds is 16. The Morgan fingerprint density at radius 1 is 0.560 bits per heavy atom. The van der Waals surface area contributed by atoms with Crippen LogP contribution in [0.25, 0.3) is 0 Å². The van der Waals surface area contributed by atoms with Crippen molar-refractivity contribution in [1.82, 2.24) is 0 Å². The standard InChI is InChI=1S/C35H38N4O9S2/c1-3-5-7-23-9-15-27(16-10-23)49(45,46)38-31-19-13-25(21-29(31)33(40)41)36-35(44)37-26-14-20-32(30(22-26)34(42)43)39-50(47,48)28-17-11-24(12-18-28)8-6-4-2/h9-22,38-39H,3-8H2,1-2H3,(H,40,41)(H,42,43)(H2,36,37,44). The highest BCUT2D eigenvalue weighted by Crippen LogP contribution is 2.27. The normalized spacial score (nSPS) is 11.4. The van der Waals surface area contributed by atoms with Crippen LogP contribution in [0.15, 0.2) is 94.7 Å². The van der Waals surface area contributed by atoms with Crippen LogP contribution in [0, 0.1) is 0 Å². The molecule has 15 heteroatoms. The van der Waals surface area contributed by atoms with Gasteiger partial charge in [-0.3, -0.25) is 9.44 Å². The van der Waals surface area contributed by atoms with Crippen LogP contribution in [0.2, 0.25) is 0 Å². The highest BCUT2D eigenvalue weighted by Gasteiger charge is 2.22. The number of aromatic carboxylic acids is 2. The minimum Gasteiger partial charge on any atom is -0.478 e. The van der Waals surface area contributed by atoms with Gasteiger partial charge in [-0.2, -0.15) is 0 Å². The molecule has 13 nitrogen and oxygen atoms in total. The van der Waals surface area contributed by atoms with Gasteiger partial charge in [0.05, 0.1) is 32.3 Å². The third kappa shape index (κ3) is 9.83. The molecule has 50 heavy (non-hydrogen) atoms. The zero-order valence-corrected chi connectivity index (χ0v) is 29.0. The number of sulfonamides is 2. The Labute approximate surface area is 290 Å². The molecule has 2 amide bonds. The fourth-order valence-corrected chi connectivity index (χ4v) is 7.07. The molecule has 0 radical (unpaired) electrons. The Bertz CT molecular complexity index is 1930. The highest BCUT2D eigenvalue weighted by molar-refractivity contribution is 7.93. The summed E-state index contributed by atoms with van der Waals surface area (Å²) < 4.78 is 56.6.